The fraction of sp³-hybridized carbons (Fsp3) is 0.176. The minimum Gasteiger partial charge on any atom is -0.324 e. The predicted octanol–water partition coefficient (Wildman–Crippen LogP) is 4.00. The molecule has 0 fully saturated rings. The van der Waals surface area contributed by atoms with Gasteiger partial charge in [-0.25, -0.2) is 8.78 Å². The average Bonchev–Trinajstić information content (AvgIpc) is 2.51. The maximum atomic E-state index is 13.5. The number of para-hydroxylation sites is 1. The first-order valence-corrected chi connectivity index (χ1v) is 7.54. The fourth-order valence-corrected chi connectivity index (χ4v) is 2.37. The average molecular weight is 353 g/mol. The summed E-state index contributed by atoms with van der Waals surface area (Å²) >= 11 is 6.06. The summed E-state index contributed by atoms with van der Waals surface area (Å²) in [6, 6.07) is 9.63. The molecule has 0 atom stereocenters. The van der Waals surface area contributed by atoms with E-state index in [0.29, 0.717) is 16.8 Å². The molecule has 0 aliphatic carbocycles. The zero-order valence-electron chi connectivity index (χ0n) is 12.9. The van der Waals surface area contributed by atoms with Crippen molar-refractivity contribution in [3.05, 3.63) is 59.1 Å². The van der Waals surface area contributed by atoms with E-state index in [0.717, 1.165) is 12.1 Å². The van der Waals surface area contributed by atoms with Crippen molar-refractivity contribution in [1.82, 2.24) is 0 Å². The van der Waals surface area contributed by atoms with Gasteiger partial charge in [-0.2, -0.15) is 0 Å². The number of carbonyl (C=O) groups is 2. The molecule has 126 valence electrons. The number of benzene rings is 2. The van der Waals surface area contributed by atoms with Crippen LogP contribution in [0.3, 0.4) is 0 Å². The molecule has 2 aromatic rings. The van der Waals surface area contributed by atoms with Gasteiger partial charge in [0.25, 0.3) is 0 Å². The van der Waals surface area contributed by atoms with Crippen LogP contribution in [0.2, 0.25) is 5.02 Å². The number of rotatable bonds is 5. The highest BCUT2D eigenvalue weighted by atomic mass is 35.5. The lowest BCUT2D eigenvalue weighted by atomic mass is 10.2. The topological polar surface area (TPSA) is 49.4 Å². The third kappa shape index (κ3) is 4.52. The van der Waals surface area contributed by atoms with Crippen LogP contribution in [0.15, 0.2) is 42.5 Å². The van der Waals surface area contributed by atoms with Crippen LogP contribution in [0.4, 0.5) is 20.2 Å². The second kappa shape index (κ2) is 7.88. The van der Waals surface area contributed by atoms with E-state index in [1.54, 1.807) is 24.3 Å². The molecule has 0 saturated heterocycles. The minimum absolute atomic E-state index is 0.0678. The van der Waals surface area contributed by atoms with Gasteiger partial charge in [0.15, 0.2) is 0 Å². The van der Waals surface area contributed by atoms with Crippen LogP contribution in [-0.2, 0) is 9.59 Å². The number of nitrogens with one attached hydrogen (secondary N) is 1. The molecule has 0 spiro atoms. The van der Waals surface area contributed by atoms with E-state index >= 15 is 0 Å². The van der Waals surface area contributed by atoms with Crippen molar-refractivity contribution in [2.24, 2.45) is 0 Å². The van der Waals surface area contributed by atoms with Gasteiger partial charge in [0.05, 0.1) is 16.4 Å². The number of carbonyl (C=O) groups excluding carboxylic acids is 2. The first kappa shape index (κ1) is 17.9. The van der Waals surface area contributed by atoms with E-state index in [-0.39, 0.29) is 24.6 Å². The third-order valence-corrected chi connectivity index (χ3v) is 3.61. The van der Waals surface area contributed by atoms with E-state index in [4.69, 9.17) is 11.6 Å². The number of hydrogen-bond acceptors (Lipinski definition) is 2. The van der Waals surface area contributed by atoms with Gasteiger partial charge < -0.3 is 10.2 Å². The molecule has 0 aliphatic rings. The Morgan fingerprint density at radius 3 is 2.50 bits per heavy atom. The Hall–Kier alpha value is -2.47. The molecule has 4 nitrogen and oxygen atoms in total. The molecule has 0 saturated carbocycles. The molecule has 1 N–H and O–H groups in total. The van der Waals surface area contributed by atoms with Gasteiger partial charge in [0.1, 0.15) is 11.6 Å². The lowest BCUT2D eigenvalue weighted by molar-refractivity contribution is -0.117. The van der Waals surface area contributed by atoms with Crippen LogP contribution in [0.25, 0.3) is 0 Å². The van der Waals surface area contributed by atoms with E-state index in [2.05, 4.69) is 5.32 Å². The van der Waals surface area contributed by atoms with Crippen molar-refractivity contribution in [2.45, 2.75) is 13.3 Å². The summed E-state index contributed by atoms with van der Waals surface area (Å²) in [5.74, 6) is -2.37. The molecule has 7 heteroatoms. The predicted molar refractivity (Wildman–Crippen MR) is 89.1 cm³/mol. The van der Waals surface area contributed by atoms with E-state index in [9.17, 15) is 18.4 Å². The standard InChI is InChI=1S/C17H15ClF2N2O2/c1-11(23)22(16-5-3-2-4-13(16)18)9-8-17(24)21-15-7-6-12(19)10-14(15)20/h2-7,10H,8-9H2,1H3,(H,21,24). The van der Waals surface area contributed by atoms with Gasteiger partial charge in [-0.15, -0.1) is 0 Å². The minimum atomic E-state index is -0.863. The molecule has 0 radical (unpaired) electrons. The Bertz CT molecular complexity index is 768. The number of amides is 2. The summed E-state index contributed by atoms with van der Waals surface area (Å²) in [4.78, 5) is 25.1. The normalized spacial score (nSPS) is 10.3. The van der Waals surface area contributed by atoms with Crippen molar-refractivity contribution in [3.8, 4) is 0 Å². The van der Waals surface area contributed by atoms with Crippen molar-refractivity contribution < 1.29 is 18.4 Å². The first-order chi connectivity index (χ1) is 11.4. The summed E-state index contributed by atoms with van der Waals surface area (Å²) in [5.41, 5.74) is 0.376. The monoisotopic (exact) mass is 352 g/mol. The second-order valence-corrected chi connectivity index (χ2v) is 5.45. The summed E-state index contributed by atoms with van der Waals surface area (Å²) < 4.78 is 26.4. The molecule has 2 rings (SSSR count). The summed E-state index contributed by atoms with van der Waals surface area (Å²) in [6.07, 6.45) is -0.0678. The molecule has 0 heterocycles. The summed E-state index contributed by atoms with van der Waals surface area (Å²) in [6.45, 7) is 1.44. The van der Waals surface area contributed by atoms with Gasteiger partial charge in [-0.3, -0.25) is 9.59 Å². The number of halogens is 3. The fourth-order valence-electron chi connectivity index (χ4n) is 2.14. The molecule has 0 aliphatic heterocycles. The van der Waals surface area contributed by atoms with Gasteiger partial charge >= 0.3 is 0 Å². The van der Waals surface area contributed by atoms with Crippen LogP contribution < -0.4 is 10.2 Å². The zero-order chi connectivity index (χ0) is 17.7. The summed E-state index contributed by atoms with van der Waals surface area (Å²) in [7, 11) is 0. The van der Waals surface area contributed by atoms with Gasteiger partial charge in [-0.1, -0.05) is 23.7 Å². The van der Waals surface area contributed by atoms with Gasteiger partial charge in [-0.05, 0) is 24.3 Å². The molecule has 0 aromatic heterocycles. The Kier molecular flexibility index (Phi) is 5.87. The number of anilines is 2. The van der Waals surface area contributed by atoms with Crippen molar-refractivity contribution in [3.63, 3.8) is 0 Å². The molecule has 24 heavy (non-hydrogen) atoms. The molecule has 2 amide bonds. The first-order valence-electron chi connectivity index (χ1n) is 7.16. The van der Waals surface area contributed by atoms with E-state index < -0.39 is 17.5 Å². The van der Waals surface area contributed by atoms with Crippen LogP contribution in [-0.4, -0.2) is 18.4 Å². The van der Waals surface area contributed by atoms with Crippen LogP contribution in [0, 0.1) is 11.6 Å². The molecular formula is C17H15ClF2N2O2. The van der Waals surface area contributed by atoms with E-state index in [1.807, 2.05) is 0 Å². The van der Waals surface area contributed by atoms with Crippen LogP contribution in [0.5, 0.6) is 0 Å². The summed E-state index contributed by atoms with van der Waals surface area (Å²) in [5, 5.41) is 2.73. The Morgan fingerprint density at radius 2 is 1.88 bits per heavy atom. The second-order valence-electron chi connectivity index (χ2n) is 5.04. The zero-order valence-corrected chi connectivity index (χ0v) is 13.6. The lowest BCUT2D eigenvalue weighted by Crippen LogP contribution is -2.32. The lowest BCUT2D eigenvalue weighted by Gasteiger charge is -2.22. The van der Waals surface area contributed by atoms with E-state index in [1.165, 1.54) is 11.8 Å². The molecular weight excluding hydrogens is 338 g/mol. The Labute approximate surface area is 143 Å². The highest BCUT2D eigenvalue weighted by molar-refractivity contribution is 6.33. The maximum Gasteiger partial charge on any atom is 0.226 e. The van der Waals surface area contributed by atoms with Crippen molar-refractivity contribution >= 4 is 34.8 Å². The Balaban J connectivity index is 2.03. The highest BCUT2D eigenvalue weighted by Crippen LogP contribution is 2.25. The molecule has 0 unspecified atom stereocenters. The number of nitrogens with zero attached hydrogens (tertiary/aromatic N) is 1. The highest BCUT2D eigenvalue weighted by Gasteiger charge is 2.16. The van der Waals surface area contributed by atoms with Crippen molar-refractivity contribution in [2.75, 3.05) is 16.8 Å². The maximum absolute atomic E-state index is 13.5. The van der Waals surface area contributed by atoms with Crippen LogP contribution >= 0.6 is 11.6 Å². The number of hydrogen-bond donors (Lipinski definition) is 1. The smallest absolute Gasteiger partial charge is 0.226 e. The largest absolute Gasteiger partial charge is 0.324 e. The Morgan fingerprint density at radius 1 is 1.17 bits per heavy atom. The molecule has 0 bridgehead atoms. The van der Waals surface area contributed by atoms with Crippen LogP contribution in [0.1, 0.15) is 13.3 Å². The van der Waals surface area contributed by atoms with Gasteiger partial charge in [0, 0.05) is 26.0 Å². The molecule has 2 aromatic carbocycles. The SMILES string of the molecule is CC(=O)N(CCC(=O)Nc1ccc(F)cc1F)c1ccccc1Cl. The van der Waals surface area contributed by atoms with Gasteiger partial charge in [0.2, 0.25) is 11.8 Å². The quantitative estimate of drug-likeness (QED) is 0.884. The van der Waals surface area contributed by atoms with Crippen molar-refractivity contribution in [1.29, 1.82) is 0 Å². The third-order valence-electron chi connectivity index (χ3n) is 3.29.